The lowest BCUT2D eigenvalue weighted by atomic mass is 10.2. The maximum Gasteiger partial charge on any atom is 0.335 e. The van der Waals surface area contributed by atoms with Crippen LogP contribution in [0, 0.1) is 0 Å². The van der Waals surface area contributed by atoms with Crippen molar-refractivity contribution in [3.8, 4) is 0 Å². The summed E-state index contributed by atoms with van der Waals surface area (Å²) in [5.74, 6) is -0.348. The van der Waals surface area contributed by atoms with Crippen molar-refractivity contribution in [3.63, 3.8) is 0 Å². The van der Waals surface area contributed by atoms with Gasteiger partial charge in [0.05, 0.1) is 12.7 Å². The second kappa shape index (κ2) is 3.93. The van der Waals surface area contributed by atoms with Crippen LogP contribution in [0.3, 0.4) is 0 Å². The fourth-order valence-electron chi connectivity index (χ4n) is 0.549. The minimum atomic E-state index is -0.348. The third kappa shape index (κ3) is 2.09. The molecule has 0 saturated heterocycles. The number of carbonyl (C=O) groups is 1. The van der Waals surface area contributed by atoms with Crippen LogP contribution >= 0.6 is 0 Å². The van der Waals surface area contributed by atoms with Crippen LogP contribution in [0.15, 0.2) is 11.3 Å². The zero-order valence-electron chi connectivity index (χ0n) is 6.60. The molecule has 2 N–H and O–H groups in total. The average Bonchev–Trinajstić information content (AvgIpc) is 2.00. The first kappa shape index (κ1) is 9.01. The van der Waals surface area contributed by atoms with E-state index in [1.165, 1.54) is 7.11 Å². The number of nitrogens with two attached hydrogens (primary N) is 1. The lowest BCUT2D eigenvalue weighted by Crippen LogP contribution is -2.09. The Morgan fingerprint density at radius 1 is 1.60 bits per heavy atom. The summed E-state index contributed by atoms with van der Waals surface area (Å²) in [5.41, 5.74) is 6.57. The van der Waals surface area contributed by atoms with Crippen LogP contribution in [0.4, 0.5) is 0 Å². The smallest absolute Gasteiger partial charge is 0.335 e. The standard InChI is InChI=1S/C7H13NO2/c1-4-6(8)5(2)7(9)10-3/h4,8H2,1-3H3/b6-5-. The monoisotopic (exact) mass is 143 g/mol. The van der Waals surface area contributed by atoms with Crippen LogP contribution in [0.5, 0.6) is 0 Å². The fourth-order valence-corrected chi connectivity index (χ4v) is 0.549. The Bertz CT molecular complexity index is 161. The summed E-state index contributed by atoms with van der Waals surface area (Å²) in [5, 5.41) is 0. The zero-order chi connectivity index (χ0) is 8.15. The summed E-state index contributed by atoms with van der Waals surface area (Å²) in [6.07, 6.45) is 0.681. The number of rotatable bonds is 2. The van der Waals surface area contributed by atoms with Gasteiger partial charge >= 0.3 is 5.97 Å². The maximum atomic E-state index is 10.8. The predicted octanol–water partition coefficient (Wildman–Crippen LogP) is 0.802. The molecule has 0 fully saturated rings. The third-order valence-electron chi connectivity index (χ3n) is 1.35. The van der Waals surface area contributed by atoms with E-state index < -0.39 is 0 Å². The Morgan fingerprint density at radius 2 is 2.10 bits per heavy atom. The van der Waals surface area contributed by atoms with Crippen molar-refractivity contribution in [3.05, 3.63) is 11.3 Å². The van der Waals surface area contributed by atoms with Crippen molar-refractivity contribution >= 4 is 5.97 Å². The summed E-state index contributed by atoms with van der Waals surface area (Å²) < 4.78 is 4.46. The molecule has 0 aliphatic carbocycles. The molecule has 0 aromatic rings. The highest BCUT2D eigenvalue weighted by molar-refractivity contribution is 5.88. The van der Waals surface area contributed by atoms with E-state index in [0.717, 1.165) is 0 Å². The molecular formula is C7H13NO2. The predicted molar refractivity (Wildman–Crippen MR) is 39.2 cm³/mol. The minimum absolute atomic E-state index is 0.348. The van der Waals surface area contributed by atoms with Gasteiger partial charge in [0.15, 0.2) is 0 Å². The molecule has 3 nitrogen and oxygen atoms in total. The number of esters is 1. The lowest BCUT2D eigenvalue weighted by Gasteiger charge is -2.01. The van der Waals surface area contributed by atoms with Crippen molar-refractivity contribution in [2.24, 2.45) is 5.73 Å². The van der Waals surface area contributed by atoms with E-state index >= 15 is 0 Å². The van der Waals surface area contributed by atoms with Crippen molar-refractivity contribution in [2.75, 3.05) is 7.11 Å². The van der Waals surface area contributed by atoms with Gasteiger partial charge in [0.2, 0.25) is 0 Å². The van der Waals surface area contributed by atoms with Gasteiger partial charge in [0, 0.05) is 5.70 Å². The van der Waals surface area contributed by atoms with E-state index in [1.54, 1.807) is 6.92 Å². The SMILES string of the molecule is CC/C(N)=C(\C)C(=O)OC. The van der Waals surface area contributed by atoms with Crippen LogP contribution in [0.1, 0.15) is 20.3 Å². The van der Waals surface area contributed by atoms with Gasteiger partial charge in [0.1, 0.15) is 0 Å². The number of hydrogen-bond acceptors (Lipinski definition) is 3. The van der Waals surface area contributed by atoms with E-state index in [1.807, 2.05) is 6.92 Å². The Balaban J connectivity index is 4.30. The summed E-state index contributed by atoms with van der Waals surface area (Å²) in [7, 11) is 1.34. The lowest BCUT2D eigenvalue weighted by molar-refractivity contribution is -0.136. The summed E-state index contributed by atoms with van der Waals surface area (Å²) in [6.45, 7) is 3.55. The number of allylic oxidation sites excluding steroid dienone is 1. The molecule has 58 valence electrons. The van der Waals surface area contributed by atoms with E-state index in [9.17, 15) is 4.79 Å². The molecule has 0 aromatic carbocycles. The zero-order valence-corrected chi connectivity index (χ0v) is 6.60. The first-order valence-corrected chi connectivity index (χ1v) is 3.17. The largest absolute Gasteiger partial charge is 0.466 e. The molecule has 0 bridgehead atoms. The third-order valence-corrected chi connectivity index (χ3v) is 1.35. The molecule has 0 unspecified atom stereocenters. The highest BCUT2D eigenvalue weighted by Crippen LogP contribution is 2.02. The van der Waals surface area contributed by atoms with E-state index in [-0.39, 0.29) is 5.97 Å². The molecule has 0 aliphatic rings. The van der Waals surface area contributed by atoms with Crippen LogP contribution in [-0.2, 0) is 9.53 Å². The van der Waals surface area contributed by atoms with Gasteiger partial charge in [-0.05, 0) is 13.3 Å². The molecule has 0 rings (SSSR count). The molecule has 0 heterocycles. The van der Waals surface area contributed by atoms with Gasteiger partial charge in [-0.15, -0.1) is 0 Å². The van der Waals surface area contributed by atoms with Crippen LogP contribution in [0.2, 0.25) is 0 Å². The minimum Gasteiger partial charge on any atom is -0.466 e. The van der Waals surface area contributed by atoms with Gasteiger partial charge < -0.3 is 10.5 Å². The van der Waals surface area contributed by atoms with Gasteiger partial charge in [0.25, 0.3) is 0 Å². The van der Waals surface area contributed by atoms with Crippen LogP contribution in [-0.4, -0.2) is 13.1 Å². The quantitative estimate of drug-likeness (QED) is 0.459. The Kier molecular flexibility index (Phi) is 3.54. The van der Waals surface area contributed by atoms with Gasteiger partial charge in [-0.3, -0.25) is 0 Å². The normalized spacial score (nSPS) is 12.3. The number of hydrogen-bond donors (Lipinski definition) is 1. The average molecular weight is 143 g/mol. The molecule has 0 aromatic heterocycles. The molecule has 10 heavy (non-hydrogen) atoms. The second-order valence-corrected chi connectivity index (χ2v) is 2.00. The maximum absolute atomic E-state index is 10.8. The van der Waals surface area contributed by atoms with E-state index in [2.05, 4.69) is 4.74 Å². The van der Waals surface area contributed by atoms with Crippen molar-refractivity contribution in [1.29, 1.82) is 0 Å². The Labute approximate surface area is 60.9 Å². The second-order valence-electron chi connectivity index (χ2n) is 2.00. The molecule has 0 amide bonds. The topological polar surface area (TPSA) is 52.3 Å². The number of ether oxygens (including phenoxy) is 1. The summed E-state index contributed by atoms with van der Waals surface area (Å²) >= 11 is 0. The molecule has 0 spiro atoms. The number of carbonyl (C=O) groups excluding carboxylic acids is 1. The molecular weight excluding hydrogens is 130 g/mol. The van der Waals surface area contributed by atoms with Crippen molar-refractivity contribution < 1.29 is 9.53 Å². The molecule has 0 atom stereocenters. The Hall–Kier alpha value is -0.990. The number of methoxy groups -OCH3 is 1. The summed E-state index contributed by atoms with van der Waals surface area (Å²) in [6, 6.07) is 0. The van der Waals surface area contributed by atoms with E-state index in [4.69, 9.17) is 5.73 Å². The Morgan fingerprint density at radius 3 is 2.40 bits per heavy atom. The van der Waals surface area contributed by atoms with Gasteiger partial charge in [-0.25, -0.2) is 4.79 Å². The first-order chi connectivity index (χ1) is 4.63. The molecule has 0 saturated carbocycles. The van der Waals surface area contributed by atoms with Crippen LogP contribution < -0.4 is 5.73 Å². The molecule has 0 radical (unpaired) electrons. The molecule has 0 aliphatic heterocycles. The first-order valence-electron chi connectivity index (χ1n) is 3.17. The van der Waals surface area contributed by atoms with Gasteiger partial charge in [-0.1, -0.05) is 6.92 Å². The van der Waals surface area contributed by atoms with Crippen molar-refractivity contribution in [2.45, 2.75) is 20.3 Å². The van der Waals surface area contributed by atoms with Crippen LogP contribution in [0.25, 0.3) is 0 Å². The van der Waals surface area contributed by atoms with E-state index in [0.29, 0.717) is 17.7 Å². The molecule has 3 heteroatoms. The highest BCUT2D eigenvalue weighted by atomic mass is 16.5. The van der Waals surface area contributed by atoms with Crippen molar-refractivity contribution in [1.82, 2.24) is 0 Å². The fraction of sp³-hybridized carbons (Fsp3) is 0.571. The summed E-state index contributed by atoms with van der Waals surface area (Å²) in [4.78, 5) is 10.8. The highest BCUT2D eigenvalue weighted by Gasteiger charge is 2.05. The van der Waals surface area contributed by atoms with Gasteiger partial charge in [-0.2, -0.15) is 0 Å².